The molecule has 0 fully saturated rings. The fraction of sp³-hybridized carbons (Fsp3) is 0.375. The van der Waals surface area contributed by atoms with Crippen molar-refractivity contribution in [2.24, 2.45) is 10.8 Å². The molecule has 26 heavy (non-hydrogen) atoms. The molecule has 1 aromatic carbocycles. The molecule has 1 unspecified atom stereocenters. The molecule has 0 bridgehead atoms. The van der Waals surface area contributed by atoms with Gasteiger partial charge in [0, 0.05) is 28.5 Å². The Hall–Kier alpha value is -2.37. The van der Waals surface area contributed by atoms with Crippen LogP contribution in [-0.2, 0) is 0 Å². The Morgan fingerprint density at radius 2 is 2.00 bits per heavy atom. The van der Waals surface area contributed by atoms with Gasteiger partial charge in [0.1, 0.15) is 0 Å². The molecular weight excluding hydrogens is 318 g/mol. The summed E-state index contributed by atoms with van der Waals surface area (Å²) in [7, 11) is 1.95. The van der Waals surface area contributed by atoms with Crippen LogP contribution in [0.25, 0.3) is 0 Å². The molecule has 2 rings (SSSR count). The van der Waals surface area contributed by atoms with Gasteiger partial charge in [-0.05, 0) is 46.7 Å². The third-order valence-corrected chi connectivity index (χ3v) is 4.32. The van der Waals surface area contributed by atoms with E-state index in [-0.39, 0.29) is 16.6 Å². The van der Waals surface area contributed by atoms with Crippen LogP contribution in [0.1, 0.15) is 44.0 Å². The van der Waals surface area contributed by atoms with Crippen LogP contribution in [0.4, 0.5) is 0 Å². The zero-order valence-electron chi connectivity index (χ0n) is 16.3. The summed E-state index contributed by atoms with van der Waals surface area (Å²) in [6.45, 7) is 7.13. The Kier molecular flexibility index (Phi) is 6.77. The molecule has 1 aliphatic carbocycles. The topological polar surface area (TPSA) is 29.1 Å². The molecule has 0 heterocycles. The van der Waals surface area contributed by atoms with Gasteiger partial charge >= 0.3 is 0 Å². The quantitative estimate of drug-likeness (QED) is 0.582. The number of carbonyl (C=O) groups is 1. The van der Waals surface area contributed by atoms with Gasteiger partial charge in [-0.3, -0.25) is 4.79 Å². The largest absolute Gasteiger partial charge is 0.319 e. The Morgan fingerprint density at radius 3 is 2.65 bits per heavy atom. The summed E-state index contributed by atoms with van der Waals surface area (Å²) >= 11 is 0. The lowest BCUT2D eigenvalue weighted by molar-refractivity contribution is 0.102. The average molecular weight is 348 g/mol. The maximum Gasteiger partial charge on any atom is 0.189 e. The third kappa shape index (κ3) is 5.86. The second-order valence-electron chi connectivity index (χ2n) is 7.94. The molecule has 2 nitrogen and oxygen atoms in total. The van der Waals surface area contributed by atoms with Gasteiger partial charge in [0.15, 0.2) is 5.78 Å². The van der Waals surface area contributed by atoms with Crippen molar-refractivity contribution in [2.45, 2.75) is 33.6 Å². The fourth-order valence-corrected chi connectivity index (χ4v) is 3.09. The van der Waals surface area contributed by atoms with Crippen LogP contribution in [0.5, 0.6) is 0 Å². The molecule has 136 valence electrons. The van der Waals surface area contributed by atoms with Gasteiger partial charge in [-0.25, -0.2) is 0 Å². The van der Waals surface area contributed by atoms with E-state index in [1.54, 1.807) is 0 Å². The summed E-state index contributed by atoms with van der Waals surface area (Å²) in [4.78, 5) is 12.8. The zero-order chi connectivity index (χ0) is 19.0. The molecule has 0 aromatic heterocycles. The highest BCUT2D eigenvalue weighted by molar-refractivity contribution is 6.09. The number of carbonyl (C=O) groups excluding carboxylic acids is 1. The van der Waals surface area contributed by atoms with Crippen LogP contribution in [-0.4, -0.2) is 19.4 Å². The first kappa shape index (κ1) is 19.9. The number of Topliss-reactive ketones (excluding diaryl/α,β-unsaturated/α-hetero) is 1. The van der Waals surface area contributed by atoms with Gasteiger partial charge in [-0.1, -0.05) is 66.5 Å². The molecule has 1 atom stereocenters. The number of allylic oxidation sites excluding steroid dienone is 5. The van der Waals surface area contributed by atoms with Crippen molar-refractivity contribution in [1.29, 1.82) is 0 Å². The molecule has 0 amide bonds. The summed E-state index contributed by atoms with van der Waals surface area (Å²) in [5.74, 6) is 6.46. The number of ketones is 1. The Labute approximate surface area is 158 Å². The number of rotatable bonds is 6. The van der Waals surface area contributed by atoms with Gasteiger partial charge in [-0.2, -0.15) is 0 Å². The Balaban J connectivity index is 2.13. The van der Waals surface area contributed by atoms with Crippen LogP contribution >= 0.6 is 0 Å². The average Bonchev–Trinajstić information content (AvgIpc) is 2.61. The van der Waals surface area contributed by atoms with Gasteiger partial charge < -0.3 is 5.32 Å². The van der Waals surface area contributed by atoms with Crippen LogP contribution in [0.2, 0.25) is 0 Å². The van der Waals surface area contributed by atoms with E-state index in [0.717, 1.165) is 30.5 Å². The highest BCUT2D eigenvalue weighted by Gasteiger charge is 2.30. The third-order valence-electron chi connectivity index (χ3n) is 4.32. The van der Waals surface area contributed by atoms with Crippen LogP contribution < -0.4 is 5.32 Å². The van der Waals surface area contributed by atoms with Crippen molar-refractivity contribution >= 4 is 5.78 Å². The normalized spacial score (nSPS) is 19.8. The smallest absolute Gasteiger partial charge is 0.189 e. The Bertz CT molecular complexity index is 766. The van der Waals surface area contributed by atoms with Crippen molar-refractivity contribution in [1.82, 2.24) is 5.32 Å². The first-order valence-corrected chi connectivity index (χ1v) is 9.16. The standard InChI is InChI=1S/C24H29NO/c1-23(2,3)15-9-6-10-16-24(19-25-4)17-11-14-21(18-24)22(26)20-12-7-5-8-13-20/h5-8,10-14,17,25H,16,18-19H2,1-4H3/b10-6-. The molecule has 1 aliphatic rings. The lowest BCUT2D eigenvalue weighted by atomic mass is 9.74. The summed E-state index contributed by atoms with van der Waals surface area (Å²) < 4.78 is 0. The molecule has 1 N–H and O–H groups in total. The maximum absolute atomic E-state index is 12.8. The Morgan fingerprint density at radius 1 is 1.27 bits per heavy atom. The van der Waals surface area contributed by atoms with E-state index in [0.29, 0.717) is 0 Å². The molecule has 0 saturated carbocycles. The zero-order valence-corrected chi connectivity index (χ0v) is 16.3. The van der Waals surface area contributed by atoms with Crippen molar-refractivity contribution < 1.29 is 4.79 Å². The van der Waals surface area contributed by atoms with E-state index in [1.165, 1.54) is 0 Å². The van der Waals surface area contributed by atoms with Crippen LogP contribution in [0.3, 0.4) is 0 Å². The van der Waals surface area contributed by atoms with Crippen LogP contribution in [0, 0.1) is 22.7 Å². The van der Waals surface area contributed by atoms with E-state index in [4.69, 9.17) is 0 Å². The van der Waals surface area contributed by atoms with Gasteiger partial charge in [0.2, 0.25) is 0 Å². The number of hydrogen-bond acceptors (Lipinski definition) is 2. The second kappa shape index (κ2) is 8.83. The van der Waals surface area contributed by atoms with Crippen molar-refractivity contribution in [3.63, 3.8) is 0 Å². The number of benzene rings is 1. The summed E-state index contributed by atoms with van der Waals surface area (Å²) in [6, 6.07) is 9.50. The molecular formula is C24H29NO. The van der Waals surface area contributed by atoms with Gasteiger partial charge in [-0.15, -0.1) is 0 Å². The lowest BCUT2D eigenvalue weighted by Gasteiger charge is -2.32. The molecule has 0 aliphatic heterocycles. The minimum Gasteiger partial charge on any atom is -0.319 e. The van der Waals surface area contributed by atoms with E-state index < -0.39 is 0 Å². The number of nitrogens with one attached hydrogen (secondary N) is 1. The van der Waals surface area contributed by atoms with E-state index >= 15 is 0 Å². The minimum atomic E-state index is -0.0941. The SMILES string of the molecule is CNCC1(C/C=C\C#CC(C)(C)C)C=CC=C(C(=O)c2ccccc2)C1. The van der Waals surface area contributed by atoms with Crippen molar-refractivity contribution in [3.05, 3.63) is 71.8 Å². The van der Waals surface area contributed by atoms with Crippen LogP contribution in [0.15, 0.2) is 66.3 Å². The predicted molar refractivity (Wildman–Crippen MR) is 110 cm³/mol. The lowest BCUT2D eigenvalue weighted by Crippen LogP contribution is -2.33. The summed E-state index contributed by atoms with van der Waals surface area (Å²) in [5.41, 5.74) is 1.53. The van der Waals surface area contributed by atoms with Crippen molar-refractivity contribution in [3.8, 4) is 11.8 Å². The first-order chi connectivity index (χ1) is 12.4. The van der Waals surface area contributed by atoms with E-state index in [9.17, 15) is 4.79 Å². The molecule has 2 heteroatoms. The molecule has 0 spiro atoms. The highest BCUT2D eigenvalue weighted by Crippen LogP contribution is 2.36. The highest BCUT2D eigenvalue weighted by atomic mass is 16.1. The molecule has 0 saturated heterocycles. The number of hydrogen-bond donors (Lipinski definition) is 1. The summed E-state index contributed by atoms with van der Waals surface area (Å²) in [5, 5.41) is 3.28. The fourth-order valence-electron chi connectivity index (χ4n) is 3.09. The molecule has 0 radical (unpaired) electrons. The molecule has 1 aromatic rings. The monoisotopic (exact) mass is 347 g/mol. The van der Waals surface area contributed by atoms with Gasteiger partial charge in [0.25, 0.3) is 0 Å². The predicted octanol–water partition coefficient (Wildman–Crippen LogP) is 4.96. The second-order valence-corrected chi connectivity index (χ2v) is 7.94. The summed E-state index contributed by atoms with van der Waals surface area (Å²) in [6.07, 6.45) is 11.8. The van der Waals surface area contributed by atoms with Crippen molar-refractivity contribution in [2.75, 3.05) is 13.6 Å². The van der Waals surface area contributed by atoms with E-state index in [1.807, 2.05) is 55.6 Å². The van der Waals surface area contributed by atoms with E-state index in [2.05, 4.69) is 50.1 Å². The maximum atomic E-state index is 12.8. The first-order valence-electron chi connectivity index (χ1n) is 9.16. The van der Waals surface area contributed by atoms with Gasteiger partial charge in [0.05, 0.1) is 0 Å². The minimum absolute atomic E-state index is 0.00968.